The minimum atomic E-state index is -2.98. The largest absolute Gasteiger partial charge is 0.448 e. The maximum Gasteiger partial charge on any atom is 0.448 e. The van der Waals surface area contributed by atoms with E-state index in [9.17, 15) is 0 Å². The summed E-state index contributed by atoms with van der Waals surface area (Å²) in [6, 6.07) is 19.2. The van der Waals surface area contributed by atoms with Gasteiger partial charge in [0.1, 0.15) is 0 Å². The Bertz CT molecular complexity index is 1500. The maximum absolute atomic E-state index is 8.68. The van der Waals surface area contributed by atoms with E-state index in [1.54, 1.807) is 0 Å². The first kappa shape index (κ1) is 34.1. The number of anilines is 4. The molecule has 0 atom stereocenters. The second kappa shape index (κ2) is 10.6. The normalized spacial score (nSPS) is 30.9. The summed E-state index contributed by atoms with van der Waals surface area (Å²) >= 11 is 0. The molecular formula is C42H66N4OSi2. The molecule has 2 aromatic rings. The molecule has 0 unspecified atom stereocenters. The van der Waals surface area contributed by atoms with Gasteiger partial charge in [0.25, 0.3) is 0 Å². The molecule has 7 heteroatoms. The van der Waals surface area contributed by atoms with Gasteiger partial charge >= 0.3 is 16.1 Å². The zero-order chi connectivity index (χ0) is 35.2. The Morgan fingerprint density at radius 2 is 0.816 bits per heavy atom. The van der Waals surface area contributed by atoms with Crippen molar-refractivity contribution in [3.63, 3.8) is 0 Å². The lowest BCUT2D eigenvalue weighted by Crippen LogP contribution is -3.09. The monoisotopic (exact) mass is 698 g/mol. The van der Waals surface area contributed by atoms with Crippen LogP contribution < -0.4 is 18.3 Å². The molecule has 7 aliphatic rings. The summed E-state index contributed by atoms with van der Waals surface area (Å²) in [5, 5.41) is -0.0729. The topological polar surface area (TPSA) is 22.2 Å². The molecule has 0 N–H and O–H groups in total. The smallest absolute Gasteiger partial charge is 0.375 e. The molecule has 2 aromatic carbocycles. The van der Waals surface area contributed by atoms with E-state index < -0.39 is 16.1 Å². The quantitative estimate of drug-likeness (QED) is 0.296. The predicted molar refractivity (Wildman–Crippen MR) is 212 cm³/mol. The van der Waals surface area contributed by atoms with E-state index in [2.05, 4.69) is 150 Å². The van der Waals surface area contributed by atoms with Crippen molar-refractivity contribution in [2.75, 3.05) is 44.4 Å². The third kappa shape index (κ3) is 4.82. The summed E-state index contributed by atoms with van der Waals surface area (Å²) in [6.07, 6.45) is 6.97. The van der Waals surface area contributed by atoms with Gasteiger partial charge in [-0.05, 0) is 102 Å². The van der Waals surface area contributed by atoms with Gasteiger partial charge in [0.2, 0.25) is 0 Å². The van der Waals surface area contributed by atoms with Gasteiger partial charge in [0.15, 0.2) is 0 Å². The molecule has 0 amide bonds. The van der Waals surface area contributed by atoms with Gasteiger partial charge in [-0.2, -0.15) is 0 Å². The summed E-state index contributed by atoms with van der Waals surface area (Å²) in [7, 11) is -5.80. The molecule has 49 heavy (non-hydrogen) atoms. The van der Waals surface area contributed by atoms with E-state index in [1.165, 1.54) is 54.9 Å². The minimum Gasteiger partial charge on any atom is -0.375 e. The van der Waals surface area contributed by atoms with Crippen LogP contribution in [0.5, 0.6) is 0 Å². The van der Waals surface area contributed by atoms with Crippen molar-refractivity contribution >= 4 is 38.8 Å². The molecule has 3 heterocycles. The number of hydrogen-bond acceptors (Lipinski definition) is 5. The van der Waals surface area contributed by atoms with Crippen LogP contribution in [0.15, 0.2) is 48.5 Å². The molecule has 4 saturated carbocycles. The Balaban J connectivity index is 1.50. The van der Waals surface area contributed by atoms with Gasteiger partial charge in [0.05, 0.1) is 28.0 Å². The molecule has 3 aliphatic heterocycles. The zero-order valence-corrected chi connectivity index (χ0v) is 35.0. The van der Waals surface area contributed by atoms with Crippen LogP contribution >= 0.6 is 0 Å². The van der Waals surface area contributed by atoms with Crippen LogP contribution in [0.1, 0.15) is 115 Å². The number of fused-ring (bicyclic) bond motifs is 3. The first-order valence-corrected chi connectivity index (χ1v) is 24.4. The second-order valence-corrected chi connectivity index (χ2v) is 31.8. The zero-order valence-electron chi connectivity index (χ0n) is 33.0. The van der Waals surface area contributed by atoms with E-state index >= 15 is 0 Å². The third-order valence-corrected chi connectivity index (χ3v) is 28.4. The second-order valence-electron chi connectivity index (χ2n) is 22.0. The van der Waals surface area contributed by atoms with Gasteiger partial charge in [0, 0.05) is 26.2 Å². The number of nitrogens with zero attached hydrogens (tertiary/aromatic N) is 4. The van der Waals surface area contributed by atoms with Crippen molar-refractivity contribution in [3.05, 3.63) is 48.5 Å². The highest BCUT2D eigenvalue weighted by Gasteiger charge is 2.97. The molecule has 4 bridgehead atoms. The highest BCUT2D eigenvalue weighted by molar-refractivity contribution is 7.49. The van der Waals surface area contributed by atoms with Crippen LogP contribution in [-0.4, -0.2) is 47.5 Å². The molecule has 4 aliphatic carbocycles. The van der Waals surface area contributed by atoms with Crippen LogP contribution in [0.2, 0.25) is 0 Å². The molecule has 5 fully saturated rings. The summed E-state index contributed by atoms with van der Waals surface area (Å²) in [4.78, 5) is 0. The third-order valence-electron chi connectivity index (χ3n) is 12.6. The fourth-order valence-electron chi connectivity index (χ4n) is 12.0. The van der Waals surface area contributed by atoms with Crippen LogP contribution in [0.25, 0.3) is 0 Å². The van der Waals surface area contributed by atoms with Crippen LogP contribution in [0.3, 0.4) is 0 Å². The first-order valence-electron chi connectivity index (χ1n) is 19.7. The SMILES string of the molecule is CC(C)(C)CN1c2ccccc2N(CC(C)(C)C)[Si]12OC1(C3CC4CC(C3)CC1C4)[Si]21N(CC(C)(C)C)c2ccccc2N1CC(C)(C)C. The van der Waals surface area contributed by atoms with Crippen molar-refractivity contribution in [2.45, 2.75) is 120 Å². The van der Waals surface area contributed by atoms with Gasteiger partial charge < -0.3 is 22.7 Å². The molecular weight excluding hydrogens is 633 g/mol. The average molecular weight is 699 g/mol. The lowest BCUT2D eigenvalue weighted by atomic mass is 9.54. The maximum atomic E-state index is 8.68. The standard InChI is InChI=1S/C42H66N4OSi2/c1-38(2,3)26-43-34-17-13-14-18-35(34)44(27-39(4,5)6)48(43)42(32-22-30-21-31(24-32)25-33(42)23-30)47-49(48)45(28-40(7,8)9)36-19-15-16-20-37(36)46(49)29-41(10,11)12/h13-20,30-33H,21-29H2,1-12H3. The van der Waals surface area contributed by atoms with E-state index in [4.69, 9.17) is 4.43 Å². The van der Waals surface area contributed by atoms with Gasteiger partial charge in [-0.1, -0.05) is 107 Å². The van der Waals surface area contributed by atoms with E-state index in [1.807, 2.05) is 0 Å². The lowest BCUT2D eigenvalue weighted by molar-refractivity contribution is -0.133. The van der Waals surface area contributed by atoms with Gasteiger partial charge in [-0.25, -0.2) is 0 Å². The predicted octanol–water partition coefficient (Wildman–Crippen LogP) is 10.0. The summed E-state index contributed by atoms with van der Waals surface area (Å²) < 4.78 is 21.0. The van der Waals surface area contributed by atoms with Crippen molar-refractivity contribution < 1.29 is 4.43 Å². The minimum absolute atomic E-state index is 0.0729. The van der Waals surface area contributed by atoms with Gasteiger partial charge in [-0.15, -0.1) is 0 Å². The molecule has 0 radical (unpaired) electrons. The molecule has 268 valence electrons. The van der Waals surface area contributed by atoms with Crippen molar-refractivity contribution in [2.24, 2.45) is 45.3 Å². The summed E-state index contributed by atoms with van der Waals surface area (Å²) in [5.74, 6) is 3.11. The number of para-hydroxylation sites is 4. The Kier molecular flexibility index (Phi) is 7.36. The van der Waals surface area contributed by atoms with E-state index in [0.29, 0.717) is 11.8 Å². The van der Waals surface area contributed by atoms with Crippen LogP contribution in [0, 0.1) is 45.3 Å². The van der Waals surface area contributed by atoms with Crippen LogP contribution in [0.4, 0.5) is 22.7 Å². The average Bonchev–Trinajstić information content (AvgIpc) is 3.36. The molecule has 0 aromatic heterocycles. The molecule has 5 nitrogen and oxygen atoms in total. The van der Waals surface area contributed by atoms with E-state index in [0.717, 1.165) is 38.0 Å². The Morgan fingerprint density at radius 3 is 1.14 bits per heavy atom. The van der Waals surface area contributed by atoms with Crippen molar-refractivity contribution in [3.8, 4) is 0 Å². The number of hydrogen-bond donors (Lipinski definition) is 0. The summed E-state index contributed by atoms with van der Waals surface area (Å²) in [5.41, 5.74) is 6.37. The van der Waals surface area contributed by atoms with Crippen molar-refractivity contribution in [1.82, 2.24) is 0 Å². The Labute approximate surface area is 301 Å². The highest BCUT2D eigenvalue weighted by Crippen LogP contribution is 2.74. The van der Waals surface area contributed by atoms with Crippen molar-refractivity contribution in [1.29, 1.82) is 0 Å². The van der Waals surface area contributed by atoms with E-state index in [-0.39, 0.29) is 26.9 Å². The fraction of sp³-hybridized carbons (Fsp3) is 0.714. The number of benzene rings is 2. The molecule has 9 rings (SSSR count). The molecule has 1 saturated heterocycles. The Morgan fingerprint density at radius 1 is 0.510 bits per heavy atom. The highest BCUT2D eigenvalue weighted by atomic mass is 29.3. The Hall–Kier alpha value is -1.97. The number of rotatable bonds is 4. The van der Waals surface area contributed by atoms with Crippen LogP contribution in [-0.2, 0) is 4.43 Å². The fourth-order valence-corrected chi connectivity index (χ4v) is 33.9. The molecule has 3 spiro atoms. The summed E-state index contributed by atoms with van der Waals surface area (Å²) in [6.45, 7) is 33.9. The van der Waals surface area contributed by atoms with Gasteiger partial charge in [-0.3, -0.25) is 0 Å². The lowest BCUT2D eigenvalue weighted by Gasteiger charge is -2.79. The first-order chi connectivity index (χ1) is 22.7.